The number of benzene rings is 1. The smallest absolute Gasteiger partial charge is 0.246 e. The van der Waals surface area contributed by atoms with Gasteiger partial charge in [0.05, 0.1) is 5.69 Å². The Labute approximate surface area is 162 Å². The van der Waals surface area contributed by atoms with Crippen LogP contribution in [0.1, 0.15) is 27.7 Å². The fourth-order valence-corrected chi connectivity index (χ4v) is 1.67. The standard InChI is InChI=1S/C16H23F3N4O.HI/c1-5-20-16(22-10(4)9(2)3)21-8-13(24)23-12-7-6-11(17)14(18)15(12)19;/h6-7,9-10H,5,8H2,1-4H3,(H,23,24)(H2,20,21,22);1H. The van der Waals surface area contributed by atoms with Crippen molar-refractivity contribution < 1.29 is 18.0 Å². The first-order chi connectivity index (χ1) is 11.3. The molecule has 0 fully saturated rings. The van der Waals surface area contributed by atoms with E-state index in [1.165, 1.54) is 0 Å². The van der Waals surface area contributed by atoms with Crippen LogP contribution in [0.4, 0.5) is 18.9 Å². The summed E-state index contributed by atoms with van der Waals surface area (Å²) in [6.07, 6.45) is 0. The Hall–Kier alpha value is -1.52. The fourth-order valence-electron chi connectivity index (χ4n) is 1.67. The highest BCUT2D eigenvalue weighted by molar-refractivity contribution is 14.0. The van der Waals surface area contributed by atoms with Gasteiger partial charge >= 0.3 is 0 Å². The average Bonchev–Trinajstić information content (AvgIpc) is 2.53. The molecule has 9 heteroatoms. The second kappa shape index (κ2) is 11.2. The second-order valence-electron chi connectivity index (χ2n) is 5.64. The van der Waals surface area contributed by atoms with E-state index < -0.39 is 29.0 Å². The fraction of sp³-hybridized carbons (Fsp3) is 0.500. The summed E-state index contributed by atoms with van der Waals surface area (Å²) in [6, 6.07) is 1.84. The molecule has 0 aliphatic carbocycles. The molecular weight excluding hydrogens is 448 g/mol. The Balaban J connectivity index is 0.00000576. The van der Waals surface area contributed by atoms with E-state index in [1.54, 1.807) is 0 Å². The number of anilines is 1. The Morgan fingerprint density at radius 2 is 1.80 bits per heavy atom. The number of hydrogen-bond donors (Lipinski definition) is 3. The zero-order valence-electron chi connectivity index (χ0n) is 14.6. The molecule has 0 saturated carbocycles. The topological polar surface area (TPSA) is 65.5 Å². The molecule has 1 atom stereocenters. The summed E-state index contributed by atoms with van der Waals surface area (Å²) in [5.74, 6) is -4.22. The summed E-state index contributed by atoms with van der Waals surface area (Å²) in [5.41, 5.74) is -0.428. The van der Waals surface area contributed by atoms with Crippen molar-refractivity contribution in [3.05, 3.63) is 29.6 Å². The van der Waals surface area contributed by atoms with E-state index in [-0.39, 0.29) is 36.6 Å². The van der Waals surface area contributed by atoms with Crippen molar-refractivity contribution >= 4 is 41.5 Å². The summed E-state index contributed by atoms with van der Waals surface area (Å²) in [4.78, 5) is 15.9. The van der Waals surface area contributed by atoms with Gasteiger partial charge in [-0.3, -0.25) is 4.79 Å². The van der Waals surface area contributed by atoms with Crippen LogP contribution in [0.15, 0.2) is 17.1 Å². The number of nitrogens with zero attached hydrogens (tertiary/aromatic N) is 1. The predicted octanol–water partition coefficient (Wildman–Crippen LogP) is 3.26. The molecule has 0 aliphatic heterocycles. The molecule has 1 aromatic rings. The molecule has 3 N–H and O–H groups in total. The van der Waals surface area contributed by atoms with Gasteiger partial charge in [0.2, 0.25) is 5.91 Å². The molecule has 1 amide bonds. The maximum Gasteiger partial charge on any atom is 0.246 e. The lowest BCUT2D eigenvalue weighted by Crippen LogP contribution is -2.44. The number of hydrogen-bond acceptors (Lipinski definition) is 2. The number of nitrogens with one attached hydrogen (secondary N) is 3. The molecule has 0 heterocycles. The molecule has 1 rings (SSSR count). The maximum absolute atomic E-state index is 13.5. The van der Waals surface area contributed by atoms with E-state index in [9.17, 15) is 18.0 Å². The van der Waals surface area contributed by atoms with Gasteiger partial charge in [0, 0.05) is 12.6 Å². The Morgan fingerprint density at radius 1 is 1.16 bits per heavy atom. The van der Waals surface area contributed by atoms with Gasteiger partial charge in [-0.15, -0.1) is 24.0 Å². The molecule has 1 aromatic carbocycles. The van der Waals surface area contributed by atoms with Gasteiger partial charge in [0.1, 0.15) is 6.54 Å². The molecular formula is C16H24F3IN4O. The van der Waals surface area contributed by atoms with Gasteiger partial charge in [0.25, 0.3) is 0 Å². The van der Waals surface area contributed by atoms with Crippen molar-refractivity contribution in [3.63, 3.8) is 0 Å². The lowest BCUT2D eigenvalue weighted by Gasteiger charge is -2.20. The van der Waals surface area contributed by atoms with Crippen molar-refractivity contribution in [2.45, 2.75) is 33.7 Å². The van der Waals surface area contributed by atoms with Gasteiger partial charge in [-0.2, -0.15) is 0 Å². The van der Waals surface area contributed by atoms with Crippen LogP contribution in [0.3, 0.4) is 0 Å². The largest absolute Gasteiger partial charge is 0.357 e. The molecule has 5 nitrogen and oxygen atoms in total. The van der Waals surface area contributed by atoms with Crippen molar-refractivity contribution in [1.29, 1.82) is 0 Å². The molecule has 142 valence electrons. The number of carbonyl (C=O) groups excluding carboxylic acids is 1. The van der Waals surface area contributed by atoms with Crippen LogP contribution in [0.2, 0.25) is 0 Å². The molecule has 0 aliphatic rings. The highest BCUT2D eigenvalue weighted by atomic mass is 127. The lowest BCUT2D eigenvalue weighted by atomic mass is 10.1. The monoisotopic (exact) mass is 472 g/mol. The summed E-state index contributed by atoms with van der Waals surface area (Å²) in [7, 11) is 0. The van der Waals surface area contributed by atoms with Crippen LogP contribution >= 0.6 is 24.0 Å². The number of aliphatic imine (C=N–C) groups is 1. The summed E-state index contributed by atoms with van der Waals surface area (Å²) in [5, 5.41) is 8.30. The Kier molecular flexibility index (Phi) is 10.5. The van der Waals surface area contributed by atoms with Crippen LogP contribution < -0.4 is 16.0 Å². The van der Waals surface area contributed by atoms with Crippen LogP contribution in [0.25, 0.3) is 0 Å². The quantitative estimate of drug-likeness (QED) is 0.258. The van der Waals surface area contributed by atoms with E-state index in [0.717, 1.165) is 12.1 Å². The zero-order chi connectivity index (χ0) is 18.3. The van der Waals surface area contributed by atoms with Gasteiger partial charge in [-0.1, -0.05) is 13.8 Å². The lowest BCUT2D eigenvalue weighted by molar-refractivity contribution is -0.114. The third-order valence-corrected chi connectivity index (χ3v) is 3.40. The minimum Gasteiger partial charge on any atom is -0.357 e. The van der Waals surface area contributed by atoms with E-state index >= 15 is 0 Å². The first kappa shape index (κ1) is 23.5. The van der Waals surface area contributed by atoms with E-state index in [2.05, 4.69) is 20.9 Å². The Morgan fingerprint density at radius 3 is 2.36 bits per heavy atom. The first-order valence-corrected chi connectivity index (χ1v) is 7.74. The number of guanidine groups is 1. The van der Waals surface area contributed by atoms with Gasteiger partial charge < -0.3 is 16.0 Å². The Bertz CT molecular complexity index is 611. The van der Waals surface area contributed by atoms with Crippen molar-refractivity contribution in [2.75, 3.05) is 18.4 Å². The summed E-state index contributed by atoms with van der Waals surface area (Å²) < 4.78 is 39.5. The molecule has 0 spiro atoms. The van der Waals surface area contributed by atoms with Crippen molar-refractivity contribution in [3.8, 4) is 0 Å². The van der Waals surface area contributed by atoms with Gasteiger partial charge in [0.15, 0.2) is 23.4 Å². The van der Waals surface area contributed by atoms with Crippen LogP contribution in [0.5, 0.6) is 0 Å². The van der Waals surface area contributed by atoms with Crippen LogP contribution in [-0.2, 0) is 4.79 Å². The van der Waals surface area contributed by atoms with Gasteiger partial charge in [-0.05, 0) is 31.9 Å². The van der Waals surface area contributed by atoms with Crippen molar-refractivity contribution in [1.82, 2.24) is 10.6 Å². The van der Waals surface area contributed by atoms with E-state index in [4.69, 9.17) is 0 Å². The van der Waals surface area contributed by atoms with E-state index in [1.807, 2.05) is 27.7 Å². The molecule has 0 radical (unpaired) electrons. The summed E-state index contributed by atoms with van der Waals surface area (Å²) >= 11 is 0. The number of halogens is 4. The van der Waals surface area contributed by atoms with E-state index in [0.29, 0.717) is 18.4 Å². The number of carbonyl (C=O) groups is 1. The highest BCUT2D eigenvalue weighted by Gasteiger charge is 2.15. The minimum absolute atomic E-state index is 0. The van der Waals surface area contributed by atoms with Crippen LogP contribution in [-0.4, -0.2) is 31.0 Å². The third kappa shape index (κ3) is 7.49. The third-order valence-electron chi connectivity index (χ3n) is 3.40. The second-order valence-corrected chi connectivity index (χ2v) is 5.64. The SMILES string of the molecule is CCNC(=NCC(=O)Nc1ccc(F)c(F)c1F)NC(C)C(C)C.I. The first-order valence-electron chi connectivity index (χ1n) is 7.74. The normalized spacial score (nSPS) is 12.4. The van der Waals surface area contributed by atoms with Gasteiger partial charge in [-0.25, -0.2) is 18.2 Å². The molecule has 1 unspecified atom stereocenters. The average molecular weight is 472 g/mol. The number of rotatable bonds is 6. The predicted molar refractivity (Wildman–Crippen MR) is 104 cm³/mol. The molecule has 0 aromatic heterocycles. The van der Waals surface area contributed by atoms with Crippen molar-refractivity contribution in [2.24, 2.45) is 10.9 Å². The molecule has 0 bridgehead atoms. The molecule has 25 heavy (non-hydrogen) atoms. The minimum atomic E-state index is -1.63. The molecule has 0 saturated heterocycles. The maximum atomic E-state index is 13.5. The number of amides is 1. The summed E-state index contributed by atoms with van der Waals surface area (Å²) in [6.45, 7) is 8.26. The highest BCUT2D eigenvalue weighted by Crippen LogP contribution is 2.19. The van der Waals surface area contributed by atoms with Crippen LogP contribution in [0, 0.1) is 23.4 Å². The zero-order valence-corrected chi connectivity index (χ0v) is 17.0.